The minimum absolute atomic E-state index is 0.320. The fourth-order valence-corrected chi connectivity index (χ4v) is 2.27. The number of hydrogen-bond acceptors (Lipinski definition) is 4. The van der Waals surface area contributed by atoms with Gasteiger partial charge in [-0.05, 0) is 0 Å². The third kappa shape index (κ3) is 2.38. The number of nitro groups is 1. The van der Waals surface area contributed by atoms with Gasteiger partial charge in [-0.3, -0.25) is 10.1 Å². The summed E-state index contributed by atoms with van der Waals surface area (Å²) in [6.45, 7) is -0.860. The van der Waals surface area contributed by atoms with Crippen molar-refractivity contribution in [1.29, 1.82) is 0 Å². The van der Waals surface area contributed by atoms with E-state index in [0.717, 1.165) is 11.1 Å². The van der Waals surface area contributed by atoms with Crippen molar-refractivity contribution in [2.75, 3.05) is 13.1 Å². The van der Waals surface area contributed by atoms with Gasteiger partial charge >= 0.3 is 11.8 Å². The van der Waals surface area contributed by atoms with E-state index in [1.54, 1.807) is 0 Å². The van der Waals surface area contributed by atoms with Crippen molar-refractivity contribution in [3.8, 4) is 0 Å². The Bertz CT molecular complexity index is 564. The van der Waals surface area contributed by atoms with Gasteiger partial charge in [0.2, 0.25) is 5.15 Å². The zero-order chi connectivity index (χ0) is 15.1. The minimum Gasteiger partial charge on any atom is -0.465 e. The summed E-state index contributed by atoms with van der Waals surface area (Å²) >= 11 is 5.67. The average molecular weight is 311 g/mol. The predicted molar refractivity (Wildman–Crippen MR) is 62.1 cm³/mol. The molecule has 0 aliphatic carbocycles. The maximum Gasteiger partial charge on any atom is 0.407 e. The van der Waals surface area contributed by atoms with E-state index in [4.69, 9.17) is 16.7 Å². The van der Waals surface area contributed by atoms with Gasteiger partial charge in [0.25, 0.3) is 5.92 Å². The van der Waals surface area contributed by atoms with E-state index in [-0.39, 0.29) is 6.54 Å². The van der Waals surface area contributed by atoms with E-state index < -0.39 is 46.8 Å². The Morgan fingerprint density at radius 1 is 1.65 bits per heavy atom. The Morgan fingerprint density at radius 2 is 2.30 bits per heavy atom. The van der Waals surface area contributed by atoms with E-state index in [0.29, 0.717) is 4.68 Å². The molecule has 1 aliphatic heterocycles. The van der Waals surface area contributed by atoms with Crippen LogP contribution in [0.15, 0.2) is 6.20 Å². The van der Waals surface area contributed by atoms with Crippen LogP contribution in [0.3, 0.4) is 0 Å². The van der Waals surface area contributed by atoms with Crippen LogP contribution in [0.1, 0.15) is 12.5 Å². The number of hydrogen-bond donors (Lipinski definition) is 1. The Morgan fingerprint density at radius 3 is 2.80 bits per heavy atom. The minimum atomic E-state index is -3.25. The highest BCUT2D eigenvalue weighted by Gasteiger charge is 2.48. The lowest BCUT2D eigenvalue weighted by Gasteiger charge is -2.36. The van der Waals surface area contributed by atoms with Gasteiger partial charge in [0, 0.05) is 13.0 Å². The van der Waals surface area contributed by atoms with E-state index in [2.05, 4.69) is 5.10 Å². The van der Waals surface area contributed by atoms with Gasteiger partial charge in [0.05, 0.1) is 11.5 Å². The zero-order valence-electron chi connectivity index (χ0n) is 9.87. The summed E-state index contributed by atoms with van der Waals surface area (Å²) in [6.07, 6.45) is -1.28. The molecule has 20 heavy (non-hydrogen) atoms. The Balaban J connectivity index is 2.37. The van der Waals surface area contributed by atoms with Crippen LogP contribution in [0.5, 0.6) is 0 Å². The molecule has 1 aromatic rings. The highest BCUT2D eigenvalue weighted by molar-refractivity contribution is 6.31. The first-order chi connectivity index (χ1) is 9.24. The molecule has 110 valence electrons. The summed E-state index contributed by atoms with van der Waals surface area (Å²) < 4.78 is 28.4. The second-order valence-corrected chi connectivity index (χ2v) is 4.64. The molecule has 1 saturated heterocycles. The van der Waals surface area contributed by atoms with Gasteiger partial charge in [-0.1, -0.05) is 11.6 Å². The number of carbonyl (C=O) groups is 1. The number of rotatable bonds is 2. The largest absolute Gasteiger partial charge is 0.465 e. The smallest absolute Gasteiger partial charge is 0.407 e. The van der Waals surface area contributed by atoms with Crippen molar-refractivity contribution in [1.82, 2.24) is 14.7 Å². The number of nitrogens with zero attached hydrogens (tertiary/aromatic N) is 4. The number of carboxylic acid groups (broad SMARTS) is 1. The molecule has 0 aromatic carbocycles. The van der Waals surface area contributed by atoms with Crippen LogP contribution >= 0.6 is 11.6 Å². The first kappa shape index (κ1) is 14.4. The van der Waals surface area contributed by atoms with Crippen LogP contribution in [-0.2, 0) is 0 Å². The highest BCUT2D eigenvalue weighted by atomic mass is 35.5. The molecule has 1 N–H and O–H groups in total. The van der Waals surface area contributed by atoms with Crippen LogP contribution in [0.25, 0.3) is 0 Å². The molecule has 1 atom stereocenters. The molecular formula is C9H9ClF2N4O4. The molecule has 1 amide bonds. The van der Waals surface area contributed by atoms with Crippen molar-refractivity contribution in [3.63, 3.8) is 0 Å². The van der Waals surface area contributed by atoms with E-state index >= 15 is 0 Å². The standard InChI is InChI=1S/C9H9ClF2N4O4/c10-7-5(16(19)20)3-13-15(7)6-4-14(8(17)18)2-1-9(6,11)12/h3,6H,1-2,4H2,(H,17,18). The molecular weight excluding hydrogens is 302 g/mol. The summed E-state index contributed by atoms with van der Waals surface area (Å²) in [5.74, 6) is -3.25. The first-order valence-corrected chi connectivity index (χ1v) is 5.85. The van der Waals surface area contributed by atoms with Crippen molar-refractivity contribution in [3.05, 3.63) is 21.5 Å². The molecule has 1 aliphatic rings. The van der Waals surface area contributed by atoms with Gasteiger partial charge in [0.1, 0.15) is 12.2 Å². The molecule has 2 rings (SSSR count). The normalized spacial score (nSPS) is 21.8. The summed E-state index contributed by atoms with van der Waals surface area (Å²) in [5, 5.41) is 22.4. The summed E-state index contributed by atoms with van der Waals surface area (Å²) in [7, 11) is 0. The van der Waals surface area contributed by atoms with Crippen LogP contribution < -0.4 is 0 Å². The molecule has 0 radical (unpaired) electrons. The Labute approximate surface area is 115 Å². The number of amides is 1. The number of halogens is 3. The average Bonchev–Trinajstić information content (AvgIpc) is 2.70. The second kappa shape index (κ2) is 4.85. The number of likely N-dealkylation sites (tertiary alicyclic amines) is 1. The van der Waals surface area contributed by atoms with Crippen LogP contribution in [0.2, 0.25) is 5.15 Å². The van der Waals surface area contributed by atoms with Crippen molar-refractivity contribution < 1.29 is 23.6 Å². The lowest BCUT2D eigenvalue weighted by molar-refractivity contribution is -0.384. The van der Waals surface area contributed by atoms with Crippen molar-refractivity contribution in [2.24, 2.45) is 0 Å². The SMILES string of the molecule is O=C(O)N1CCC(F)(F)C(n2ncc([N+](=O)[O-])c2Cl)C1. The van der Waals surface area contributed by atoms with Gasteiger partial charge in [-0.15, -0.1) is 0 Å². The van der Waals surface area contributed by atoms with Gasteiger partial charge in [-0.2, -0.15) is 5.10 Å². The van der Waals surface area contributed by atoms with Crippen molar-refractivity contribution >= 4 is 23.4 Å². The maximum absolute atomic E-state index is 13.9. The van der Waals surface area contributed by atoms with Gasteiger partial charge in [0.15, 0.2) is 0 Å². The quantitative estimate of drug-likeness (QED) is 0.665. The molecule has 0 bridgehead atoms. The molecule has 11 heteroatoms. The first-order valence-electron chi connectivity index (χ1n) is 5.47. The molecule has 0 saturated carbocycles. The Hall–Kier alpha value is -1.97. The van der Waals surface area contributed by atoms with Crippen LogP contribution in [0, 0.1) is 10.1 Å². The van der Waals surface area contributed by atoms with Gasteiger partial charge in [-0.25, -0.2) is 18.3 Å². The third-order valence-corrected chi connectivity index (χ3v) is 3.44. The number of aromatic nitrogens is 2. The number of alkyl halides is 2. The fourth-order valence-electron chi connectivity index (χ4n) is 1.99. The highest BCUT2D eigenvalue weighted by Crippen LogP contribution is 2.39. The van der Waals surface area contributed by atoms with E-state index in [1.165, 1.54) is 0 Å². The predicted octanol–water partition coefficient (Wildman–Crippen LogP) is 2.00. The Kier molecular flexibility index (Phi) is 3.50. The van der Waals surface area contributed by atoms with E-state index in [1.807, 2.05) is 0 Å². The number of piperidine rings is 1. The second-order valence-electron chi connectivity index (χ2n) is 4.28. The fraction of sp³-hybridized carbons (Fsp3) is 0.556. The lowest BCUT2D eigenvalue weighted by atomic mass is 10.0. The molecule has 1 unspecified atom stereocenters. The summed E-state index contributed by atoms with van der Waals surface area (Å²) in [5.41, 5.74) is -0.602. The maximum atomic E-state index is 13.9. The molecule has 0 spiro atoms. The summed E-state index contributed by atoms with van der Waals surface area (Å²) in [6, 6.07) is -1.67. The van der Waals surface area contributed by atoms with Gasteiger partial charge < -0.3 is 10.0 Å². The molecule has 1 fully saturated rings. The molecule has 1 aromatic heterocycles. The van der Waals surface area contributed by atoms with Crippen LogP contribution in [0.4, 0.5) is 19.3 Å². The lowest BCUT2D eigenvalue weighted by Crippen LogP contribution is -2.50. The summed E-state index contributed by atoms with van der Waals surface area (Å²) in [4.78, 5) is 21.4. The zero-order valence-corrected chi connectivity index (χ0v) is 10.6. The molecule has 2 heterocycles. The van der Waals surface area contributed by atoms with Crippen LogP contribution in [-0.4, -0.2) is 49.8 Å². The van der Waals surface area contributed by atoms with E-state index in [9.17, 15) is 23.7 Å². The monoisotopic (exact) mass is 310 g/mol. The molecule has 8 nitrogen and oxygen atoms in total. The topological polar surface area (TPSA) is 102 Å². The van der Waals surface area contributed by atoms with Crippen molar-refractivity contribution in [2.45, 2.75) is 18.4 Å². The third-order valence-electron chi connectivity index (χ3n) is 3.08.